The second-order valence-electron chi connectivity index (χ2n) is 7.89. The van der Waals surface area contributed by atoms with Crippen molar-refractivity contribution >= 4 is 11.6 Å². The molecule has 1 saturated heterocycles. The van der Waals surface area contributed by atoms with Crippen molar-refractivity contribution in [2.75, 3.05) is 42.9 Å². The first-order valence-corrected chi connectivity index (χ1v) is 10.8. The third kappa shape index (κ3) is 5.46. The van der Waals surface area contributed by atoms with Gasteiger partial charge in [-0.3, -0.25) is 9.69 Å². The zero-order valence-corrected chi connectivity index (χ0v) is 18.1. The van der Waals surface area contributed by atoms with Crippen molar-refractivity contribution in [3.63, 3.8) is 0 Å². The van der Waals surface area contributed by atoms with E-state index >= 15 is 0 Å². The van der Waals surface area contributed by atoms with Crippen molar-refractivity contribution in [2.45, 2.75) is 26.3 Å². The Morgan fingerprint density at radius 2 is 1.97 bits per heavy atom. The largest absolute Gasteiger partial charge is 0.366 e. The minimum atomic E-state index is -0.138. The molecule has 2 N–H and O–H groups in total. The molecule has 0 saturated carbocycles. The van der Waals surface area contributed by atoms with E-state index in [1.54, 1.807) is 6.20 Å². The Hall–Kier alpha value is -3.26. The van der Waals surface area contributed by atoms with Crippen molar-refractivity contribution in [1.82, 2.24) is 24.8 Å². The van der Waals surface area contributed by atoms with Gasteiger partial charge in [0.05, 0.1) is 0 Å². The molecule has 162 valence electrons. The smallest absolute Gasteiger partial charge is 0.251 e. The highest BCUT2D eigenvalue weighted by Gasteiger charge is 2.19. The number of nitrogens with zero attached hydrogens (tertiary/aromatic N) is 5. The SMILES string of the molecule is CCc1cc(=O)[nH]c(-c2ccc(NC(C)CN3CCN(c4ccccn4)CC3)nc2)n1. The summed E-state index contributed by atoms with van der Waals surface area (Å²) in [6.07, 6.45) is 4.32. The molecule has 8 heteroatoms. The van der Waals surface area contributed by atoms with Crippen LogP contribution < -0.4 is 15.8 Å². The van der Waals surface area contributed by atoms with E-state index in [-0.39, 0.29) is 11.6 Å². The monoisotopic (exact) mass is 419 g/mol. The topological polar surface area (TPSA) is 90.0 Å². The third-order valence-corrected chi connectivity index (χ3v) is 5.47. The van der Waals surface area contributed by atoms with Crippen LogP contribution in [0.3, 0.4) is 0 Å². The van der Waals surface area contributed by atoms with Gasteiger partial charge < -0.3 is 15.2 Å². The average Bonchev–Trinajstić information content (AvgIpc) is 2.80. The van der Waals surface area contributed by atoms with E-state index in [1.807, 2.05) is 37.4 Å². The van der Waals surface area contributed by atoms with E-state index in [2.05, 4.69) is 48.0 Å². The van der Waals surface area contributed by atoms with Crippen LogP contribution in [0, 0.1) is 0 Å². The van der Waals surface area contributed by atoms with Crippen LogP contribution in [-0.4, -0.2) is 63.6 Å². The average molecular weight is 420 g/mol. The number of H-pyrrole nitrogens is 1. The number of piperazine rings is 1. The van der Waals surface area contributed by atoms with Crippen LogP contribution >= 0.6 is 0 Å². The Balaban J connectivity index is 1.30. The number of hydrogen-bond acceptors (Lipinski definition) is 7. The van der Waals surface area contributed by atoms with Crippen molar-refractivity contribution in [3.8, 4) is 11.4 Å². The Morgan fingerprint density at radius 3 is 2.65 bits per heavy atom. The fraction of sp³-hybridized carbons (Fsp3) is 0.391. The van der Waals surface area contributed by atoms with Gasteiger partial charge in [0.25, 0.3) is 5.56 Å². The van der Waals surface area contributed by atoms with Crippen molar-refractivity contribution < 1.29 is 0 Å². The molecule has 3 aromatic heterocycles. The third-order valence-electron chi connectivity index (χ3n) is 5.47. The number of hydrogen-bond donors (Lipinski definition) is 2. The summed E-state index contributed by atoms with van der Waals surface area (Å²) >= 11 is 0. The predicted molar refractivity (Wildman–Crippen MR) is 123 cm³/mol. The van der Waals surface area contributed by atoms with Gasteiger partial charge in [0, 0.05) is 68.5 Å². The molecular formula is C23H29N7O. The van der Waals surface area contributed by atoms with Crippen LogP contribution in [0.25, 0.3) is 11.4 Å². The number of aromatic nitrogens is 4. The fourth-order valence-electron chi connectivity index (χ4n) is 3.83. The fourth-order valence-corrected chi connectivity index (χ4v) is 3.83. The number of nitrogens with one attached hydrogen (secondary N) is 2. The zero-order valence-electron chi connectivity index (χ0n) is 18.1. The highest BCUT2D eigenvalue weighted by Crippen LogP contribution is 2.16. The number of aromatic amines is 1. The van der Waals surface area contributed by atoms with Gasteiger partial charge >= 0.3 is 0 Å². The van der Waals surface area contributed by atoms with E-state index in [1.165, 1.54) is 6.07 Å². The van der Waals surface area contributed by atoms with E-state index in [9.17, 15) is 4.79 Å². The standard InChI is InChI=1S/C23H29N7O/c1-3-19-14-22(31)28-23(27-19)18-7-8-20(25-15-18)26-17(2)16-29-10-12-30(13-11-29)21-6-4-5-9-24-21/h4-9,14-15,17H,3,10-13,16H2,1-2H3,(H,25,26)(H,27,28,31). The second kappa shape index (κ2) is 9.70. The summed E-state index contributed by atoms with van der Waals surface area (Å²) in [5.74, 6) is 2.43. The van der Waals surface area contributed by atoms with Gasteiger partial charge in [-0.25, -0.2) is 15.0 Å². The molecule has 8 nitrogen and oxygen atoms in total. The Bertz CT molecular complexity index is 1030. The van der Waals surface area contributed by atoms with E-state index in [0.717, 1.165) is 62.0 Å². The molecule has 1 aliphatic heterocycles. The summed E-state index contributed by atoms with van der Waals surface area (Å²) < 4.78 is 0. The lowest BCUT2D eigenvalue weighted by Crippen LogP contribution is -2.49. The van der Waals surface area contributed by atoms with Crippen LogP contribution in [0.4, 0.5) is 11.6 Å². The maximum absolute atomic E-state index is 11.8. The molecular weight excluding hydrogens is 390 g/mol. The van der Waals surface area contributed by atoms with Gasteiger partial charge in [-0.15, -0.1) is 0 Å². The number of rotatable bonds is 7. The normalized spacial score (nSPS) is 15.6. The molecule has 0 radical (unpaired) electrons. The van der Waals surface area contributed by atoms with Gasteiger partial charge in [-0.1, -0.05) is 13.0 Å². The van der Waals surface area contributed by atoms with E-state index < -0.39 is 0 Å². The van der Waals surface area contributed by atoms with Crippen molar-refractivity contribution in [1.29, 1.82) is 0 Å². The molecule has 1 atom stereocenters. The molecule has 3 aromatic rings. The Morgan fingerprint density at radius 1 is 1.13 bits per heavy atom. The molecule has 1 fully saturated rings. The van der Waals surface area contributed by atoms with Crippen LogP contribution in [0.1, 0.15) is 19.5 Å². The van der Waals surface area contributed by atoms with Gasteiger partial charge in [0.15, 0.2) is 0 Å². The summed E-state index contributed by atoms with van der Waals surface area (Å²) in [7, 11) is 0. The van der Waals surface area contributed by atoms with Crippen LogP contribution in [0.5, 0.6) is 0 Å². The van der Waals surface area contributed by atoms with E-state index in [0.29, 0.717) is 5.82 Å². The molecule has 31 heavy (non-hydrogen) atoms. The summed E-state index contributed by atoms with van der Waals surface area (Å²) in [4.78, 5) is 32.8. The number of anilines is 2. The first-order valence-electron chi connectivity index (χ1n) is 10.8. The first kappa shape index (κ1) is 21.0. The van der Waals surface area contributed by atoms with Crippen molar-refractivity contribution in [2.24, 2.45) is 0 Å². The van der Waals surface area contributed by atoms with Crippen LogP contribution in [0.15, 0.2) is 53.6 Å². The summed E-state index contributed by atoms with van der Waals surface area (Å²) in [6.45, 7) is 9.11. The lowest BCUT2D eigenvalue weighted by atomic mass is 10.2. The molecule has 4 heterocycles. The minimum absolute atomic E-state index is 0.138. The molecule has 0 amide bonds. The predicted octanol–water partition coefficient (Wildman–Crippen LogP) is 2.41. The number of aryl methyl sites for hydroxylation is 1. The quantitative estimate of drug-likeness (QED) is 0.608. The highest BCUT2D eigenvalue weighted by molar-refractivity contribution is 5.56. The molecule has 0 aliphatic carbocycles. The maximum Gasteiger partial charge on any atom is 0.251 e. The maximum atomic E-state index is 11.8. The molecule has 0 spiro atoms. The molecule has 0 aromatic carbocycles. The zero-order chi connectivity index (χ0) is 21.6. The van der Waals surface area contributed by atoms with E-state index in [4.69, 9.17) is 0 Å². The molecule has 4 rings (SSSR count). The molecule has 1 unspecified atom stereocenters. The lowest BCUT2D eigenvalue weighted by Gasteiger charge is -2.36. The first-order chi connectivity index (χ1) is 15.1. The van der Waals surface area contributed by atoms with Crippen LogP contribution in [-0.2, 0) is 6.42 Å². The van der Waals surface area contributed by atoms with Gasteiger partial charge in [-0.2, -0.15) is 0 Å². The summed E-state index contributed by atoms with van der Waals surface area (Å²) in [6, 6.07) is 11.7. The van der Waals surface area contributed by atoms with Gasteiger partial charge in [0.2, 0.25) is 0 Å². The summed E-state index contributed by atoms with van der Waals surface area (Å²) in [5.41, 5.74) is 1.44. The second-order valence-corrected chi connectivity index (χ2v) is 7.89. The minimum Gasteiger partial charge on any atom is -0.366 e. The van der Waals surface area contributed by atoms with Crippen LogP contribution in [0.2, 0.25) is 0 Å². The molecule has 0 bridgehead atoms. The summed E-state index contributed by atoms with van der Waals surface area (Å²) in [5, 5.41) is 3.47. The molecule has 1 aliphatic rings. The lowest BCUT2D eigenvalue weighted by molar-refractivity contribution is 0.250. The van der Waals surface area contributed by atoms with Gasteiger partial charge in [0.1, 0.15) is 17.5 Å². The Kier molecular flexibility index (Phi) is 6.57. The highest BCUT2D eigenvalue weighted by atomic mass is 16.1. The van der Waals surface area contributed by atoms with Gasteiger partial charge in [-0.05, 0) is 37.6 Å². The van der Waals surface area contributed by atoms with Crippen molar-refractivity contribution in [3.05, 3.63) is 64.8 Å². The Labute approximate surface area is 182 Å². The number of pyridine rings is 2.